The first-order chi connectivity index (χ1) is 7.70. The number of alkyl halides is 1. The molecule has 0 atom stereocenters. The summed E-state index contributed by atoms with van der Waals surface area (Å²) in [4.78, 5) is 0. The summed E-state index contributed by atoms with van der Waals surface area (Å²) in [5.74, 6) is 0. The average molecular weight is 225 g/mol. The minimum absolute atomic E-state index is 0.340. The zero-order valence-corrected chi connectivity index (χ0v) is 10.6. The van der Waals surface area contributed by atoms with Crippen LogP contribution in [-0.4, -0.2) is 22.2 Å². The van der Waals surface area contributed by atoms with Crippen LogP contribution in [0.1, 0.15) is 45.1 Å². The van der Waals surface area contributed by atoms with Crippen molar-refractivity contribution in [3.05, 3.63) is 23.5 Å². The molecule has 0 aromatic carbocycles. The fourth-order valence-electron chi connectivity index (χ4n) is 1.29. The van der Waals surface area contributed by atoms with E-state index in [2.05, 4.69) is 24.2 Å². The van der Waals surface area contributed by atoms with Gasteiger partial charge in [0.2, 0.25) is 0 Å². The van der Waals surface area contributed by atoms with Crippen LogP contribution in [0.25, 0.3) is 12.2 Å². The fraction of sp³-hybridized carbons (Fsp3) is 0.500. The lowest BCUT2D eigenvalue weighted by Crippen LogP contribution is -2.05. The molecule has 0 radical (unpaired) electrons. The van der Waals surface area contributed by atoms with Crippen molar-refractivity contribution in [3.63, 3.8) is 0 Å². The van der Waals surface area contributed by atoms with E-state index in [-0.39, 0.29) is 0 Å². The molecule has 1 aromatic heterocycles. The van der Waals surface area contributed by atoms with E-state index in [1.165, 1.54) is 0 Å². The van der Waals surface area contributed by atoms with Gasteiger partial charge < -0.3 is 0 Å². The quantitative estimate of drug-likeness (QED) is 0.788. The highest BCUT2D eigenvalue weighted by Gasteiger charge is 2.09. The van der Waals surface area contributed by atoms with Crippen molar-refractivity contribution in [1.29, 1.82) is 0 Å². The van der Waals surface area contributed by atoms with Crippen molar-refractivity contribution in [1.82, 2.24) is 15.0 Å². The first-order valence-corrected chi connectivity index (χ1v) is 5.29. The van der Waals surface area contributed by atoms with Gasteiger partial charge in [-0.2, -0.15) is 0 Å². The normalized spacial score (nSPS) is 11.2. The number of nitrogens with zero attached hydrogens (tertiary/aromatic N) is 3. The largest absolute Gasteiger partial charge is 0.255 e. The molecule has 0 saturated carbocycles. The molecule has 1 rings (SSSR count). The molecule has 90 valence electrons. The van der Waals surface area contributed by atoms with Crippen molar-refractivity contribution >= 4 is 12.2 Å². The van der Waals surface area contributed by atoms with Gasteiger partial charge in [0.25, 0.3) is 0 Å². The number of halogens is 1. The van der Waals surface area contributed by atoms with Gasteiger partial charge in [0.15, 0.2) is 0 Å². The number of hydrogen-bond acceptors (Lipinski definition) is 2. The summed E-state index contributed by atoms with van der Waals surface area (Å²) in [6.07, 6.45) is 7.99. The molecule has 0 amide bonds. The number of hydrogen-bond donors (Lipinski definition) is 0. The van der Waals surface area contributed by atoms with Crippen LogP contribution >= 0.6 is 0 Å². The predicted octanol–water partition coefficient (Wildman–Crippen LogP) is 3.51. The second-order valence-corrected chi connectivity index (χ2v) is 3.40. The van der Waals surface area contributed by atoms with Crippen LogP contribution in [0.5, 0.6) is 0 Å². The Bertz CT molecular complexity index is 351. The molecule has 1 aromatic rings. The maximum atomic E-state index is 9.50. The molecule has 0 saturated heterocycles. The molecule has 0 unspecified atom stereocenters. The third-order valence-electron chi connectivity index (χ3n) is 1.90. The first-order valence-electron chi connectivity index (χ1n) is 5.29. The second-order valence-electron chi connectivity index (χ2n) is 3.40. The van der Waals surface area contributed by atoms with Gasteiger partial charge in [-0.05, 0) is 39.8 Å². The molecule has 3 nitrogen and oxygen atoms in total. The van der Waals surface area contributed by atoms with Gasteiger partial charge in [-0.1, -0.05) is 17.4 Å². The van der Waals surface area contributed by atoms with Crippen LogP contribution in [0, 0.1) is 0 Å². The van der Waals surface area contributed by atoms with Crippen LogP contribution in [-0.2, 0) is 0 Å². The lowest BCUT2D eigenvalue weighted by Gasteiger charge is -2.06. The van der Waals surface area contributed by atoms with E-state index in [9.17, 15) is 4.39 Å². The summed E-state index contributed by atoms with van der Waals surface area (Å²) in [6.45, 7) is 8.17. The summed E-state index contributed by atoms with van der Waals surface area (Å²) in [5, 5.41) is 8.24. The van der Waals surface area contributed by atoms with Gasteiger partial charge in [0, 0.05) is 6.04 Å². The molecule has 0 aliphatic rings. The summed E-state index contributed by atoms with van der Waals surface area (Å²) in [7, 11) is 0.500. The van der Waals surface area contributed by atoms with Crippen LogP contribution < -0.4 is 0 Å². The molecule has 0 N–H and O–H groups in total. The zero-order valence-electron chi connectivity index (χ0n) is 10.6. The molecule has 0 aliphatic carbocycles. The maximum absolute atomic E-state index is 9.50. The fourth-order valence-corrected chi connectivity index (χ4v) is 1.29. The number of allylic oxidation sites excluding steroid dienone is 2. The van der Waals surface area contributed by atoms with E-state index in [4.69, 9.17) is 0 Å². The molecule has 0 spiro atoms. The minimum atomic E-state index is 0.340. The van der Waals surface area contributed by atoms with Crippen LogP contribution in [0.15, 0.2) is 12.2 Å². The lowest BCUT2D eigenvalue weighted by atomic mass is 10.2. The topological polar surface area (TPSA) is 30.7 Å². The summed E-state index contributed by atoms with van der Waals surface area (Å²) < 4.78 is 11.4. The first kappa shape index (κ1) is 14.6. The molecular weight excluding hydrogens is 205 g/mol. The smallest absolute Gasteiger partial charge is 0.112 e. The monoisotopic (exact) mass is 225 g/mol. The van der Waals surface area contributed by atoms with Crippen LogP contribution in [0.2, 0.25) is 0 Å². The SMILES string of the molecule is C/C=C\c1nnn(C(C)C)c1/C=C\C.CF. The Balaban J connectivity index is 0.00000106. The Morgan fingerprint density at radius 2 is 1.69 bits per heavy atom. The summed E-state index contributed by atoms with van der Waals surface area (Å²) >= 11 is 0. The zero-order chi connectivity index (χ0) is 12.6. The molecular formula is C12H20FN3. The lowest BCUT2D eigenvalue weighted by molar-refractivity contribution is 0.510. The second kappa shape index (κ2) is 7.79. The van der Waals surface area contributed by atoms with Gasteiger partial charge >= 0.3 is 0 Å². The van der Waals surface area contributed by atoms with E-state index in [1.807, 2.05) is 42.8 Å². The van der Waals surface area contributed by atoms with Crippen LogP contribution in [0.4, 0.5) is 4.39 Å². The van der Waals surface area contributed by atoms with E-state index < -0.39 is 0 Å². The molecule has 0 fully saturated rings. The summed E-state index contributed by atoms with van der Waals surface area (Å²) in [6, 6.07) is 0.340. The Morgan fingerprint density at radius 3 is 2.12 bits per heavy atom. The van der Waals surface area contributed by atoms with Gasteiger partial charge in [0.05, 0.1) is 12.9 Å². The standard InChI is InChI=1S/C11H17N3.CH3F/c1-5-7-10-11(8-6-2)14(9(3)4)13-12-10;1-2/h5-9H,1-4H3;1H3/b7-5-,8-6-;. The van der Waals surface area contributed by atoms with Crippen molar-refractivity contribution in [2.75, 3.05) is 7.18 Å². The van der Waals surface area contributed by atoms with Crippen molar-refractivity contribution in [3.8, 4) is 0 Å². The van der Waals surface area contributed by atoms with E-state index in [0.717, 1.165) is 11.4 Å². The molecule has 16 heavy (non-hydrogen) atoms. The Labute approximate surface area is 96.7 Å². The Kier molecular flexibility index (Phi) is 7.09. The van der Waals surface area contributed by atoms with E-state index >= 15 is 0 Å². The van der Waals surface area contributed by atoms with Crippen molar-refractivity contribution in [2.24, 2.45) is 0 Å². The van der Waals surface area contributed by atoms with Crippen molar-refractivity contribution in [2.45, 2.75) is 33.7 Å². The molecule has 0 bridgehead atoms. The third kappa shape index (κ3) is 3.61. The number of aromatic nitrogens is 3. The van der Waals surface area contributed by atoms with Gasteiger partial charge in [-0.3, -0.25) is 4.39 Å². The average Bonchev–Trinajstić information content (AvgIpc) is 2.66. The van der Waals surface area contributed by atoms with E-state index in [1.54, 1.807) is 0 Å². The maximum Gasteiger partial charge on any atom is 0.112 e. The van der Waals surface area contributed by atoms with Crippen molar-refractivity contribution < 1.29 is 4.39 Å². The third-order valence-corrected chi connectivity index (χ3v) is 1.90. The Hall–Kier alpha value is -1.45. The highest BCUT2D eigenvalue weighted by Crippen LogP contribution is 2.14. The minimum Gasteiger partial charge on any atom is -0.255 e. The highest BCUT2D eigenvalue weighted by atomic mass is 19.1. The van der Waals surface area contributed by atoms with Crippen LogP contribution in [0.3, 0.4) is 0 Å². The molecule has 4 heteroatoms. The predicted molar refractivity (Wildman–Crippen MR) is 66.9 cm³/mol. The van der Waals surface area contributed by atoms with Gasteiger partial charge in [0.1, 0.15) is 5.69 Å². The highest BCUT2D eigenvalue weighted by molar-refractivity contribution is 5.58. The van der Waals surface area contributed by atoms with Gasteiger partial charge in [-0.15, -0.1) is 5.10 Å². The van der Waals surface area contributed by atoms with Gasteiger partial charge in [-0.25, -0.2) is 4.68 Å². The Morgan fingerprint density at radius 1 is 1.12 bits per heavy atom. The molecule has 1 heterocycles. The number of rotatable bonds is 3. The van der Waals surface area contributed by atoms with E-state index in [0.29, 0.717) is 13.2 Å². The summed E-state index contributed by atoms with van der Waals surface area (Å²) in [5.41, 5.74) is 2.00. The molecule has 0 aliphatic heterocycles.